The summed E-state index contributed by atoms with van der Waals surface area (Å²) in [6, 6.07) is 0. The van der Waals surface area contributed by atoms with Gasteiger partial charge in [0.25, 0.3) is 0 Å². The summed E-state index contributed by atoms with van der Waals surface area (Å²) in [5.74, 6) is 0.977. The molecule has 1 rings (SSSR count). The summed E-state index contributed by atoms with van der Waals surface area (Å²) in [7, 11) is 0. The van der Waals surface area contributed by atoms with Crippen molar-refractivity contribution in [2.75, 3.05) is 6.54 Å². The van der Waals surface area contributed by atoms with E-state index in [4.69, 9.17) is 10.5 Å². The van der Waals surface area contributed by atoms with Crippen molar-refractivity contribution in [3.8, 4) is 0 Å². The second-order valence-electron chi connectivity index (χ2n) is 7.19. The molecule has 0 spiro atoms. The highest BCUT2D eigenvalue weighted by Gasteiger charge is 2.32. The number of amides is 1. The molecular weight excluding hydrogens is 264 g/mol. The molecule has 0 aliphatic heterocycles. The van der Waals surface area contributed by atoms with Crippen LogP contribution in [0.2, 0.25) is 0 Å². The predicted molar refractivity (Wildman–Crippen MR) is 87.0 cm³/mol. The van der Waals surface area contributed by atoms with Crippen LogP contribution in [0.15, 0.2) is 0 Å². The second-order valence-corrected chi connectivity index (χ2v) is 7.19. The van der Waals surface area contributed by atoms with E-state index >= 15 is 0 Å². The average Bonchev–Trinajstić information content (AvgIpc) is 2.44. The van der Waals surface area contributed by atoms with E-state index in [0.29, 0.717) is 24.8 Å². The van der Waals surface area contributed by atoms with E-state index in [1.165, 1.54) is 12.8 Å². The van der Waals surface area contributed by atoms with Crippen molar-refractivity contribution in [3.63, 3.8) is 0 Å². The molecule has 21 heavy (non-hydrogen) atoms. The minimum atomic E-state index is -0.367. The fraction of sp³-hybridized carbons (Fsp3) is 0.941. The standard InChI is InChI=1S/C17H34N2O2/c1-6-15(21-14-9-7-8-13(4)10-14)16(20)19-17(5,11-18)12(2)3/h12-15H,6-11,18H2,1-5H3,(H,19,20). The van der Waals surface area contributed by atoms with Crippen molar-refractivity contribution in [1.29, 1.82) is 0 Å². The first kappa shape index (κ1) is 18.4. The number of carbonyl (C=O) groups is 1. The summed E-state index contributed by atoms with van der Waals surface area (Å²) in [5, 5.41) is 3.11. The van der Waals surface area contributed by atoms with Gasteiger partial charge in [-0.2, -0.15) is 0 Å². The lowest BCUT2D eigenvalue weighted by atomic mass is 9.88. The number of rotatable bonds is 7. The minimum absolute atomic E-state index is 0.0163. The van der Waals surface area contributed by atoms with Crippen LogP contribution in [0.3, 0.4) is 0 Å². The molecule has 0 heterocycles. The zero-order chi connectivity index (χ0) is 16.0. The van der Waals surface area contributed by atoms with Gasteiger partial charge in [-0.3, -0.25) is 4.79 Å². The summed E-state index contributed by atoms with van der Waals surface area (Å²) < 4.78 is 6.09. The van der Waals surface area contributed by atoms with Gasteiger partial charge in [-0.15, -0.1) is 0 Å². The first-order valence-electron chi connectivity index (χ1n) is 8.50. The van der Waals surface area contributed by atoms with Gasteiger partial charge in [-0.1, -0.05) is 40.5 Å². The molecule has 0 aromatic carbocycles. The van der Waals surface area contributed by atoms with Crippen molar-refractivity contribution in [1.82, 2.24) is 5.32 Å². The van der Waals surface area contributed by atoms with Crippen LogP contribution in [0.1, 0.15) is 66.7 Å². The highest BCUT2D eigenvalue weighted by Crippen LogP contribution is 2.27. The Labute approximate surface area is 130 Å². The Morgan fingerprint density at radius 3 is 2.57 bits per heavy atom. The summed E-state index contributed by atoms with van der Waals surface area (Å²) in [4.78, 5) is 12.5. The summed E-state index contributed by atoms with van der Waals surface area (Å²) in [6.45, 7) is 10.9. The van der Waals surface area contributed by atoms with Gasteiger partial charge in [0, 0.05) is 6.54 Å². The molecule has 1 aliphatic rings. The first-order chi connectivity index (χ1) is 9.82. The molecule has 0 aromatic heterocycles. The van der Waals surface area contributed by atoms with E-state index in [2.05, 4.69) is 26.1 Å². The summed E-state index contributed by atoms with van der Waals surface area (Å²) in [6.07, 6.45) is 5.21. The molecule has 3 N–H and O–H groups in total. The van der Waals surface area contributed by atoms with Crippen LogP contribution in [0.5, 0.6) is 0 Å². The van der Waals surface area contributed by atoms with Crippen LogP contribution >= 0.6 is 0 Å². The quantitative estimate of drug-likeness (QED) is 0.759. The van der Waals surface area contributed by atoms with Gasteiger partial charge >= 0.3 is 0 Å². The molecule has 0 aromatic rings. The molecule has 1 fully saturated rings. The van der Waals surface area contributed by atoms with Crippen molar-refractivity contribution in [2.45, 2.75) is 84.5 Å². The van der Waals surface area contributed by atoms with Crippen molar-refractivity contribution >= 4 is 5.91 Å². The zero-order valence-electron chi connectivity index (χ0n) is 14.4. The van der Waals surface area contributed by atoms with Crippen LogP contribution in [0.4, 0.5) is 0 Å². The van der Waals surface area contributed by atoms with Crippen LogP contribution < -0.4 is 11.1 Å². The molecule has 4 nitrogen and oxygen atoms in total. The number of carbonyl (C=O) groups excluding carboxylic acids is 1. The summed E-state index contributed by atoms with van der Waals surface area (Å²) in [5.41, 5.74) is 5.48. The number of nitrogens with one attached hydrogen (secondary N) is 1. The Hall–Kier alpha value is -0.610. The van der Waals surface area contributed by atoms with Gasteiger partial charge in [0.2, 0.25) is 5.91 Å². The third kappa shape index (κ3) is 5.26. The van der Waals surface area contributed by atoms with Crippen LogP contribution in [-0.2, 0) is 9.53 Å². The SMILES string of the molecule is CCC(OC1CCCC(C)C1)C(=O)NC(C)(CN)C(C)C. The van der Waals surface area contributed by atoms with Crippen LogP contribution in [0, 0.1) is 11.8 Å². The summed E-state index contributed by atoms with van der Waals surface area (Å²) >= 11 is 0. The van der Waals surface area contributed by atoms with Crippen molar-refractivity contribution in [3.05, 3.63) is 0 Å². The molecule has 4 heteroatoms. The molecule has 0 radical (unpaired) electrons. The number of ether oxygens (including phenoxy) is 1. The Balaban J connectivity index is 2.60. The number of nitrogens with two attached hydrogens (primary N) is 1. The lowest BCUT2D eigenvalue weighted by Crippen LogP contribution is -2.57. The fourth-order valence-corrected chi connectivity index (χ4v) is 2.87. The zero-order valence-corrected chi connectivity index (χ0v) is 14.4. The average molecular weight is 298 g/mol. The van der Waals surface area contributed by atoms with E-state index in [1.54, 1.807) is 0 Å². The first-order valence-corrected chi connectivity index (χ1v) is 8.50. The topological polar surface area (TPSA) is 64.3 Å². The maximum absolute atomic E-state index is 12.5. The van der Waals surface area contributed by atoms with Crippen molar-refractivity contribution < 1.29 is 9.53 Å². The Bertz CT molecular complexity index is 333. The molecule has 1 saturated carbocycles. The van der Waals surface area contributed by atoms with E-state index in [-0.39, 0.29) is 23.7 Å². The number of hydrogen-bond donors (Lipinski definition) is 2. The highest BCUT2D eigenvalue weighted by atomic mass is 16.5. The third-order valence-corrected chi connectivity index (χ3v) is 5.02. The van der Waals surface area contributed by atoms with Crippen molar-refractivity contribution in [2.24, 2.45) is 17.6 Å². The third-order valence-electron chi connectivity index (χ3n) is 5.02. The molecule has 4 unspecified atom stereocenters. The fourth-order valence-electron chi connectivity index (χ4n) is 2.87. The van der Waals surface area contributed by atoms with Gasteiger partial charge in [0.15, 0.2) is 0 Å². The Morgan fingerprint density at radius 2 is 2.10 bits per heavy atom. The largest absolute Gasteiger partial charge is 0.365 e. The van der Waals surface area contributed by atoms with E-state index in [9.17, 15) is 4.79 Å². The monoisotopic (exact) mass is 298 g/mol. The lowest BCUT2D eigenvalue weighted by molar-refractivity contribution is -0.141. The van der Waals surface area contributed by atoms with E-state index in [0.717, 1.165) is 12.8 Å². The van der Waals surface area contributed by atoms with Gasteiger partial charge in [-0.25, -0.2) is 0 Å². The maximum Gasteiger partial charge on any atom is 0.249 e. The minimum Gasteiger partial charge on any atom is -0.365 e. The van der Waals surface area contributed by atoms with Gasteiger partial charge < -0.3 is 15.8 Å². The molecule has 0 bridgehead atoms. The second kappa shape index (κ2) is 8.14. The highest BCUT2D eigenvalue weighted by molar-refractivity contribution is 5.81. The van der Waals surface area contributed by atoms with Gasteiger partial charge in [-0.05, 0) is 38.0 Å². The Morgan fingerprint density at radius 1 is 1.43 bits per heavy atom. The Kier molecular flexibility index (Phi) is 7.14. The molecule has 4 atom stereocenters. The molecule has 0 saturated heterocycles. The number of hydrogen-bond acceptors (Lipinski definition) is 3. The molecule has 1 aliphatic carbocycles. The van der Waals surface area contributed by atoms with E-state index in [1.807, 2.05) is 13.8 Å². The van der Waals surface area contributed by atoms with E-state index < -0.39 is 0 Å². The van der Waals surface area contributed by atoms with Gasteiger partial charge in [0.1, 0.15) is 6.10 Å². The predicted octanol–water partition coefficient (Wildman–Crippen LogP) is 2.85. The molecule has 124 valence electrons. The maximum atomic E-state index is 12.5. The molecule has 1 amide bonds. The molecular formula is C17H34N2O2. The van der Waals surface area contributed by atoms with Crippen LogP contribution in [0.25, 0.3) is 0 Å². The van der Waals surface area contributed by atoms with Gasteiger partial charge in [0.05, 0.1) is 11.6 Å². The smallest absolute Gasteiger partial charge is 0.249 e. The normalized spacial score (nSPS) is 27.2. The van der Waals surface area contributed by atoms with Crippen LogP contribution in [-0.4, -0.2) is 30.2 Å². The lowest BCUT2D eigenvalue weighted by Gasteiger charge is -2.36.